The molecule has 3 aromatic rings. The second-order valence-electron chi connectivity index (χ2n) is 8.27. The first-order valence-electron chi connectivity index (χ1n) is 10.2. The zero-order valence-corrected chi connectivity index (χ0v) is 16.8. The van der Waals surface area contributed by atoms with E-state index in [1.54, 1.807) is 25.1 Å². The highest BCUT2D eigenvalue weighted by Crippen LogP contribution is 2.34. The van der Waals surface area contributed by atoms with Crippen molar-refractivity contribution in [3.8, 4) is 17.0 Å². The molecule has 156 valence electrons. The van der Waals surface area contributed by atoms with Crippen LogP contribution in [0.15, 0.2) is 39.5 Å². The normalized spacial score (nSPS) is 25.6. The molecule has 4 atom stereocenters. The Morgan fingerprint density at radius 2 is 2.07 bits per heavy atom. The number of alkyl halides is 1. The molecule has 7 nitrogen and oxygen atoms in total. The first kappa shape index (κ1) is 19.0. The number of nitrogens with one attached hydrogen (secondary N) is 1. The lowest BCUT2D eigenvalue weighted by molar-refractivity contribution is 0.176. The van der Waals surface area contributed by atoms with Gasteiger partial charge < -0.3 is 19.7 Å². The van der Waals surface area contributed by atoms with Crippen LogP contribution in [0.2, 0.25) is 0 Å². The predicted octanol–water partition coefficient (Wildman–Crippen LogP) is 2.93. The number of phenols is 1. The molecule has 2 aliphatic heterocycles. The lowest BCUT2D eigenvalue weighted by Crippen LogP contribution is -2.55. The number of anilines is 1. The Labute approximate surface area is 172 Å². The van der Waals surface area contributed by atoms with E-state index in [0.717, 1.165) is 19.3 Å². The number of fused-ring (bicyclic) bond motifs is 3. The monoisotopic (exact) mass is 410 g/mol. The number of piperidine rings is 1. The molecule has 2 N–H and O–H groups in total. The van der Waals surface area contributed by atoms with E-state index < -0.39 is 6.17 Å². The zero-order chi connectivity index (χ0) is 21.0. The van der Waals surface area contributed by atoms with Crippen molar-refractivity contribution in [2.75, 3.05) is 11.9 Å². The molecule has 8 heteroatoms. The van der Waals surface area contributed by atoms with E-state index in [0.29, 0.717) is 39.8 Å². The summed E-state index contributed by atoms with van der Waals surface area (Å²) in [5, 5.41) is 22.6. The summed E-state index contributed by atoms with van der Waals surface area (Å²) in [7, 11) is 1.84. The van der Waals surface area contributed by atoms with Gasteiger partial charge in [0.05, 0.1) is 17.1 Å². The molecular formula is C22H23FN4O3. The number of halogens is 1. The number of aryl methyl sites for hydroxylation is 1. The lowest BCUT2D eigenvalue weighted by atomic mass is 9.96. The maximum atomic E-state index is 14.9. The number of hydrogen-bond acceptors (Lipinski definition) is 7. The van der Waals surface area contributed by atoms with E-state index in [1.807, 2.05) is 11.9 Å². The third kappa shape index (κ3) is 3.11. The molecule has 0 spiro atoms. The maximum absolute atomic E-state index is 14.9. The van der Waals surface area contributed by atoms with Crippen LogP contribution in [0.5, 0.6) is 5.75 Å². The summed E-state index contributed by atoms with van der Waals surface area (Å²) in [5.74, 6) is 0.998. The molecule has 0 amide bonds. The molecule has 1 aromatic carbocycles. The summed E-state index contributed by atoms with van der Waals surface area (Å²) >= 11 is 0. The first-order chi connectivity index (χ1) is 14.4. The molecular weight excluding hydrogens is 387 g/mol. The van der Waals surface area contributed by atoms with E-state index in [2.05, 4.69) is 15.5 Å². The molecule has 0 radical (unpaired) electrons. The highest BCUT2D eigenvalue weighted by molar-refractivity contribution is 5.86. The van der Waals surface area contributed by atoms with Crippen molar-refractivity contribution in [1.29, 1.82) is 0 Å². The fourth-order valence-electron chi connectivity index (χ4n) is 4.69. The van der Waals surface area contributed by atoms with E-state index in [9.17, 15) is 14.3 Å². The Balaban J connectivity index is 1.45. The van der Waals surface area contributed by atoms with Gasteiger partial charge in [0.1, 0.15) is 23.3 Å². The second kappa shape index (κ2) is 7.05. The van der Waals surface area contributed by atoms with Gasteiger partial charge >= 0.3 is 0 Å². The minimum atomic E-state index is -0.956. The average molecular weight is 410 g/mol. The highest BCUT2D eigenvalue weighted by atomic mass is 19.1. The van der Waals surface area contributed by atoms with Crippen LogP contribution in [0.1, 0.15) is 25.0 Å². The fourth-order valence-corrected chi connectivity index (χ4v) is 4.69. The van der Waals surface area contributed by atoms with Gasteiger partial charge in [-0.05, 0) is 44.4 Å². The molecule has 0 aliphatic carbocycles. The van der Waals surface area contributed by atoms with E-state index >= 15 is 0 Å². The van der Waals surface area contributed by atoms with Crippen molar-refractivity contribution < 1.29 is 13.9 Å². The molecule has 4 heterocycles. The van der Waals surface area contributed by atoms with Crippen molar-refractivity contribution >= 4 is 16.8 Å². The Morgan fingerprint density at radius 3 is 2.83 bits per heavy atom. The van der Waals surface area contributed by atoms with Crippen LogP contribution in [-0.4, -0.2) is 46.6 Å². The molecule has 2 unspecified atom stereocenters. The summed E-state index contributed by atoms with van der Waals surface area (Å²) in [6, 6.07) is 7.89. The number of aromatic nitrogens is 2. The van der Waals surface area contributed by atoms with Crippen molar-refractivity contribution in [3.05, 3.63) is 46.3 Å². The summed E-state index contributed by atoms with van der Waals surface area (Å²) < 4.78 is 20.4. The molecule has 2 fully saturated rings. The van der Waals surface area contributed by atoms with Crippen LogP contribution in [0.3, 0.4) is 0 Å². The van der Waals surface area contributed by atoms with Gasteiger partial charge in [-0.25, -0.2) is 4.39 Å². The van der Waals surface area contributed by atoms with E-state index in [-0.39, 0.29) is 23.3 Å². The largest absolute Gasteiger partial charge is 0.507 e. The Hall–Kier alpha value is -3.00. The standard InChI is InChI=1S/C22H23FN4O3/c1-11-7-18(28)14-9-13(19(29)10-20(14)30-11)15-5-6-21(26-25-15)27(2)17-8-12-3-4-16(24-12)22(17)23/h5-7,9-10,12,16-17,22,24,29H,3-4,8H2,1-2H3/t12?,16?,17-,22+/m1/s1. The third-order valence-electron chi connectivity index (χ3n) is 6.31. The van der Waals surface area contributed by atoms with Crippen LogP contribution in [-0.2, 0) is 0 Å². The van der Waals surface area contributed by atoms with Crippen LogP contribution in [0.4, 0.5) is 10.2 Å². The fraction of sp³-hybridized carbons (Fsp3) is 0.409. The second-order valence-corrected chi connectivity index (χ2v) is 8.27. The summed E-state index contributed by atoms with van der Waals surface area (Å²) in [6.07, 6.45) is 1.66. The van der Waals surface area contributed by atoms with Gasteiger partial charge in [0, 0.05) is 36.8 Å². The van der Waals surface area contributed by atoms with Crippen molar-refractivity contribution in [1.82, 2.24) is 15.5 Å². The summed E-state index contributed by atoms with van der Waals surface area (Å²) in [4.78, 5) is 14.1. The SMILES string of the molecule is Cc1cc(=O)c2cc(-c3ccc(N(C)[C@@H]4CC5CCC(N5)[C@@H]4F)nn3)c(O)cc2o1. The van der Waals surface area contributed by atoms with E-state index in [4.69, 9.17) is 4.42 Å². The quantitative estimate of drug-likeness (QED) is 0.686. The number of aromatic hydroxyl groups is 1. The van der Waals surface area contributed by atoms with Gasteiger partial charge in [0.2, 0.25) is 0 Å². The minimum Gasteiger partial charge on any atom is -0.507 e. The molecule has 2 saturated heterocycles. The smallest absolute Gasteiger partial charge is 0.192 e. The topological polar surface area (TPSA) is 91.5 Å². The molecule has 2 bridgehead atoms. The minimum absolute atomic E-state index is 0.0505. The number of rotatable bonds is 3. The zero-order valence-electron chi connectivity index (χ0n) is 16.8. The molecule has 30 heavy (non-hydrogen) atoms. The van der Waals surface area contributed by atoms with Gasteiger partial charge in [0.25, 0.3) is 0 Å². The van der Waals surface area contributed by atoms with Crippen LogP contribution in [0.25, 0.3) is 22.2 Å². The van der Waals surface area contributed by atoms with Crippen molar-refractivity contribution in [2.24, 2.45) is 0 Å². The average Bonchev–Trinajstić information content (AvgIpc) is 3.13. The van der Waals surface area contributed by atoms with Gasteiger partial charge in [-0.15, -0.1) is 10.2 Å². The van der Waals surface area contributed by atoms with E-state index in [1.165, 1.54) is 12.1 Å². The number of hydrogen-bond donors (Lipinski definition) is 2. The van der Waals surface area contributed by atoms with Crippen molar-refractivity contribution in [2.45, 2.75) is 50.5 Å². The molecule has 2 aromatic heterocycles. The van der Waals surface area contributed by atoms with Gasteiger partial charge in [-0.1, -0.05) is 0 Å². The van der Waals surface area contributed by atoms with Gasteiger partial charge in [0.15, 0.2) is 11.2 Å². The van der Waals surface area contributed by atoms with Crippen LogP contribution < -0.4 is 15.6 Å². The predicted molar refractivity (Wildman–Crippen MR) is 112 cm³/mol. The number of benzene rings is 1. The summed E-state index contributed by atoms with van der Waals surface area (Å²) in [5.41, 5.74) is 0.950. The van der Waals surface area contributed by atoms with Crippen LogP contribution in [0, 0.1) is 6.92 Å². The van der Waals surface area contributed by atoms with Gasteiger partial charge in [-0.2, -0.15) is 0 Å². The third-order valence-corrected chi connectivity index (χ3v) is 6.31. The van der Waals surface area contributed by atoms with Crippen molar-refractivity contribution in [3.63, 3.8) is 0 Å². The molecule has 2 aliphatic rings. The Bertz CT molecular complexity index is 1160. The Morgan fingerprint density at radius 1 is 1.23 bits per heavy atom. The number of phenolic OH excluding ortho intramolecular Hbond substituents is 1. The van der Waals surface area contributed by atoms with Gasteiger partial charge in [-0.3, -0.25) is 4.79 Å². The Kier molecular flexibility index (Phi) is 4.47. The lowest BCUT2D eigenvalue weighted by Gasteiger charge is -2.38. The van der Waals surface area contributed by atoms with Crippen LogP contribution >= 0.6 is 0 Å². The maximum Gasteiger partial charge on any atom is 0.192 e. The summed E-state index contributed by atoms with van der Waals surface area (Å²) in [6.45, 7) is 1.68. The number of nitrogens with zero attached hydrogens (tertiary/aromatic N) is 3. The molecule has 5 rings (SSSR count). The highest BCUT2D eigenvalue weighted by Gasteiger charge is 2.43. The first-order valence-corrected chi connectivity index (χ1v) is 10.2. The molecule has 0 saturated carbocycles.